The molecule has 1 unspecified atom stereocenters. The van der Waals surface area contributed by atoms with Gasteiger partial charge in [-0.2, -0.15) is 0 Å². The molecule has 0 saturated heterocycles. The van der Waals surface area contributed by atoms with E-state index in [1.807, 2.05) is 55.1 Å². The second-order valence-electron chi connectivity index (χ2n) is 7.16. The average Bonchev–Trinajstić information content (AvgIpc) is 2.63. The number of aryl methyl sites for hydroxylation is 2. The molecular weight excluding hydrogens is 354 g/mol. The summed E-state index contributed by atoms with van der Waals surface area (Å²) in [7, 11) is 3.55. The van der Waals surface area contributed by atoms with Crippen molar-refractivity contribution in [2.24, 2.45) is 0 Å². The zero-order valence-corrected chi connectivity index (χ0v) is 17.2. The van der Waals surface area contributed by atoms with Crippen molar-refractivity contribution in [1.29, 1.82) is 0 Å². The number of amides is 1. The number of nitrogens with one attached hydrogen (secondary N) is 1. The lowest BCUT2D eigenvalue weighted by molar-refractivity contribution is -0.125. The van der Waals surface area contributed by atoms with Crippen LogP contribution in [0.15, 0.2) is 59.8 Å². The summed E-state index contributed by atoms with van der Waals surface area (Å²) in [5.74, 6) is -0.0230. The molecule has 0 bridgehead atoms. The second kappa shape index (κ2) is 7.53. The average molecular weight is 380 g/mol. The molecule has 2 aromatic rings. The lowest BCUT2D eigenvalue weighted by Gasteiger charge is -2.38. The number of benzene rings is 2. The summed E-state index contributed by atoms with van der Waals surface area (Å²) in [5, 5.41) is 3.98. The van der Waals surface area contributed by atoms with Crippen LogP contribution in [0, 0.1) is 13.8 Å². The van der Waals surface area contributed by atoms with Crippen molar-refractivity contribution >= 4 is 28.9 Å². The fourth-order valence-electron chi connectivity index (χ4n) is 3.27. The van der Waals surface area contributed by atoms with Crippen molar-refractivity contribution in [3.63, 3.8) is 0 Å². The molecule has 1 amide bonds. The number of nitrogens with zero attached hydrogens (tertiary/aromatic N) is 2. The molecule has 1 N–H and O–H groups in total. The number of hydrogen-bond acceptors (Lipinski definition) is 2. The van der Waals surface area contributed by atoms with Gasteiger partial charge >= 0.3 is 0 Å². The highest BCUT2D eigenvalue weighted by Crippen LogP contribution is 2.34. The molecule has 4 nitrogen and oxygen atoms in total. The van der Waals surface area contributed by atoms with E-state index in [4.69, 9.17) is 12.2 Å². The van der Waals surface area contributed by atoms with Crippen molar-refractivity contribution < 1.29 is 4.79 Å². The number of rotatable bonds is 3. The molecule has 0 fully saturated rings. The summed E-state index contributed by atoms with van der Waals surface area (Å²) in [6, 6.07) is 16.1. The quantitative estimate of drug-likeness (QED) is 0.815. The van der Waals surface area contributed by atoms with E-state index in [2.05, 4.69) is 24.4 Å². The number of carbonyl (C=O) groups is 1. The zero-order valence-electron chi connectivity index (χ0n) is 16.4. The van der Waals surface area contributed by atoms with Crippen molar-refractivity contribution in [2.45, 2.75) is 26.8 Å². The summed E-state index contributed by atoms with van der Waals surface area (Å²) in [5.41, 5.74) is 5.89. The lowest BCUT2D eigenvalue weighted by atomic mass is 9.93. The molecule has 140 valence electrons. The summed E-state index contributed by atoms with van der Waals surface area (Å²) in [6.45, 7) is 6.06. The molecule has 0 aliphatic carbocycles. The van der Waals surface area contributed by atoms with Gasteiger partial charge < -0.3 is 10.2 Å². The SMILES string of the molecule is CC1=C(C(=O)N(C)C)C(c2ccc(C)cc2)NC(=S)N1c1ccc(C)cc1. The fraction of sp³-hybridized carbons (Fsp3) is 0.273. The van der Waals surface area contributed by atoms with Gasteiger partial charge in [0.2, 0.25) is 0 Å². The van der Waals surface area contributed by atoms with Gasteiger partial charge in [-0.25, -0.2) is 0 Å². The molecule has 0 spiro atoms. The zero-order chi connectivity index (χ0) is 19.7. The highest BCUT2D eigenvalue weighted by atomic mass is 32.1. The molecule has 0 radical (unpaired) electrons. The van der Waals surface area contributed by atoms with E-state index in [0.717, 1.165) is 16.9 Å². The van der Waals surface area contributed by atoms with Gasteiger partial charge in [0, 0.05) is 25.5 Å². The first-order valence-electron chi connectivity index (χ1n) is 8.96. The molecule has 2 aromatic carbocycles. The standard InChI is InChI=1S/C22H25N3OS/c1-14-6-10-17(11-7-14)20-19(21(26)24(4)5)16(3)25(22(27)23-20)18-12-8-15(2)9-13-18/h6-13,20H,1-5H3,(H,23,27). The van der Waals surface area contributed by atoms with Gasteiger partial charge in [0.25, 0.3) is 5.91 Å². The molecule has 5 heteroatoms. The molecule has 1 heterocycles. The summed E-state index contributed by atoms with van der Waals surface area (Å²) in [6.07, 6.45) is 0. The summed E-state index contributed by atoms with van der Waals surface area (Å²) >= 11 is 5.68. The smallest absolute Gasteiger partial charge is 0.253 e. The van der Waals surface area contributed by atoms with Crippen LogP contribution < -0.4 is 10.2 Å². The first-order valence-corrected chi connectivity index (χ1v) is 9.36. The minimum atomic E-state index is -0.269. The Balaban J connectivity index is 2.14. The number of thiocarbonyl (C=S) groups is 1. The van der Waals surface area contributed by atoms with E-state index < -0.39 is 0 Å². The van der Waals surface area contributed by atoms with Gasteiger partial charge in [-0.1, -0.05) is 47.5 Å². The maximum absolute atomic E-state index is 13.1. The third-order valence-corrected chi connectivity index (χ3v) is 5.12. The van der Waals surface area contributed by atoms with Gasteiger partial charge in [-0.15, -0.1) is 0 Å². The van der Waals surface area contributed by atoms with Gasteiger partial charge in [0.15, 0.2) is 5.11 Å². The highest BCUT2D eigenvalue weighted by molar-refractivity contribution is 7.80. The molecule has 1 aliphatic rings. The number of likely N-dealkylation sites (N-methyl/N-ethyl adjacent to an activating group) is 1. The van der Waals surface area contributed by atoms with E-state index in [9.17, 15) is 4.79 Å². The van der Waals surface area contributed by atoms with Crippen molar-refractivity contribution in [3.05, 3.63) is 76.5 Å². The Morgan fingerprint density at radius 2 is 1.48 bits per heavy atom. The normalized spacial score (nSPS) is 17.0. The van der Waals surface area contributed by atoms with Crippen LogP contribution in [0.2, 0.25) is 0 Å². The molecule has 0 saturated carbocycles. The molecule has 3 rings (SSSR count). The largest absolute Gasteiger partial charge is 0.351 e. The van der Waals surface area contributed by atoms with Crippen molar-refractivity contribution in [2.75, 3.05) is 19.0 Å². The number of hydrogen-bond donors (Lipinski definition) is 1. The summed E-state index contributed by atoms with van der Waals surface area (Å²) in [4.78, 5) is 16.6. The fourth-order valence-corrected chi connectivity index (χ4v) is 3.63. The number of allylic oxidation sites excluding steroid dienone is 1. The van der Waals surface area contributed by atoms with Crippen molar-refractivity contribution in [3.8, 4) is 0 Å². The van der Waals surface area contributed by atoms with Crippen LogP contribution in [-0.4, -0.2) is 30.0 Å². The van der Waals surface area contributed by atoms with Crippen LogP contribution >= 0.6 is 12.2 Å². The van der Waals surface area contributed by atoms with E-state index in [1.54, 1.807) is 19.0 Å². The second-order valence-corrected chi connectivity index (χ2v) is 7.55. The van der Waals surface area contributed by atoms with Crippen LogP contribution in [-0.2, 0) is 4.79 Å². The van der Waals surface area contributed by atoms with Gasteiger partial charge in [0.1, 0.15) is 0 Å². The maximum atomic E-state index is 13.1. The van der Waals surface area contributed by atoms with E-state index in [0.29, 0.717) is 10.7 Å². The topological polar surface area (TPSA) is 35.6 Å². The minimum absolute atomic E-state index is 0.0230. The minimum Gasteiger partial charge on any atom is -0.351 e. The maximum Gasteiger partial charge on any atom is 0.253 e. The predicted molar refractivity (Wildman–Crippen MR) is 115 cm³/mol. The lowest BCUT2D eigenvalue weighted by Crippen LogP contribution is -2.49. The predicted octanol–water partition coefficient (Wildman–Crippen LogP) is 4.10. The first kappa shape index (κ1) is 19.1. The van der Waals surface area contributed by atoms with Crippen LogP contribution in [0.5, 0.6) is 0 Å². The number of carbonyl (C=O) groups excluding carboxylic acids is 1. The molecular formula is C22H25N3OS. The summed E-state index contributed by atoms with van der Waals surface area (Å²) < 4.78 is 0. The van der Waals surface area contributed by atoms with Gasteiger partial charge in [-0.05, 0) is 50.7 Å². The van der Waals surface area contributed by atoms with E-state index >= 15 is 0 Å². The first-order chi connectivity index (χ1) is 12.8. The van der Waals surface area contributed by atoms with Crippen LogP contribution in [0.25, 0.3) is 0 Å². The third-order valence-electron chi connectivity index (χ3n) is 4.82. The van der Waals surface area contributed by atoms with E-state index in [-0.39, 0.29) is 11.9 Å². The van der Waals surface area contributed by atoms with Crippen LogP contribution in [0.4, 0.5) is 5.69 Å². The molecule has 0 aromatic heterocycles. The van der Waals surface area contributed by atoms with Crippen LogP contribution in [0.1, 0.15) is 29.7 Å². The Morgan fingerprint density at radius 1 is 0.963 bits per heavy atom. The van der Waals surface area contributed by atoms with Crippen molar-refractivity contribution in [1.82, 2.24) is 10.2 Å². The van der Waals surface area contributed by atoms with E-state index in [1.165, 1.54) is 11.1 Å². The molecule has 1 atom stereocenters. The Labute approximate surface area is 166 Å². The number of anilines is 1. The third kappa shape index (κ3) is 3.74. The Hall–Kier alpha value is -2.66. The van der Waals surface area contributed by atoms with Crippen LogP contribution in [0.3, 0.4) is 0 Å². The molecule has 1 aliphatic heterocycles. The Morgan fingerprint density at radius 3 is 2.00 bits per heavy atom. The Kier molecular flexibility index (Phi) is 5.33. The highest BCUT2D eigenvalue weighted by Gasteiger charge is 2.35. The van der Waals surface area contributed by atoms with Gasteiger partial charge in [-0.3, -0.25) is 9.69 Å². The van der Waals surface area contributed by atoms with Gasteiger partial charge in [0.05, 0.1) is 11.6 Å². The molecule has 27 heavy (non-hydrogen) atoms. The monoisotopic (exact) mass is 379 g/mol. The Bertz CT molecular complexity index is 898.